The molecule has 1 saturated carbocycles. The summed E-state index contributed by atoms with van der Waals surface area (Å²) in [5, 5.41) is 7.28. The molecule has 1 N–H and O–H groups in total. The maximum atomic E-state index is 15.1. The Kier molecular flexibility index (Phi) is 7.97. The molecule has 3 heterocycles. The Morgan fingerprint density at radius 2 is 1.93 bits per heavy atom. The largest absolute Gasteiger partial charge is 0.444 e. The average molecular weight is 581 g/mol. The van der Waals surface area contributed by atoms with Crippen LogP contribution in [0.15, 0.2) is 24.4 Å². The molecule has 2 fully saturated rings. The number of nitrogens with zero attached hydrogens (tertiary/aromatic N) is 3. The van der Waals surface area contributed by atoms with Gasteiger partial charge in [0.15, 0.2) is 0 Å². The molecule has 2 aromatic rings. The molecule has 5 rings (SSSR count). The van der Waals surface area contributed by atoms with Crippen molar-refractivity contribution in [3.63, 3.8) is 0 Å². The summed E-state index contributed by atoms with van der Waals surface area (Å²) in [6.07, 6.45) is 6.30. The summed E-state index contributed by atoms with van der Waals surface area (Å²) in [6.45, 7) is 6.43. The topological polar surface area (TPSA) is 103 Å². The lowest BCUT2D eigenvalue weighted by Gasteiger charge is -2.47. The quantitative estimate of drug-likeness (QED) is 0.536. The third kappa shape index (κ3) is 6.33. The molecule has 3 aliphatic rings. The van der Waals surface area contributed by atoms with Gasteiger partial charge in [-0.15, -0.1) is 0 Å². The Morgan fingerprint density at radius 1 is 1.20 bits per heavy atom. The van der Waals surface area contributed by atoms with Crippen molar-refractivity contribution >= 4 is 16.1 Å². The molecule has 1 amide bonds. The predicted octanol–water partition coefficient (Wildman–Crippen LogP) is 4.51. The molecular formula is C28H38F2N4O5S. The van der Waals surface area contributed by atoms with Crippen LogP contribution < -0.4 is 5.32 Å². The Hall–Kier alpha value is -2.57. The number of alkyl carbamates (subject to hydrolysis) is 1. The smallest absolute Gasteiger partial charge is 0.407 e. The van der Waals surface area contributed by atoms with Gasteiger partial charge in [-0.1, -0.05) is 25.7 Å². The fourth-order valence-corrected chi connectivity index (χ4v) is 6.97. The van der Waals surface area contributed by atoms with E-state index in [9.17, 15) is 17.6 Å². The summed E-state index contributed by atoms with van der Waals surface area (Å²) >= 11 is 0. The molecule has 4 atom stereocenters. The first-order valence-electron chi connectivity index (χ1n) is 13.9. The van der Waals surface area contributed by atoms with E-state index in [0.717, 1.165) is 66.2 Å². The first kappa shape index (κ1) is 28.9. The first-order chi connectivity index (χ1) is 18.8. The van der Waals surface area contributed by atoms with Crippen molar-refractivity contribution in [2.75, 3.05) is 12.9 Å². The molecule has 1 aromatic carbocycles. The van der Waals surface area contributed by atoms with Crippen LogP contribution in [0.4, 0.5) is 13.6 Å². The van der Waals surface area contributed by atoms with E-state index in [1.807, 2.05) is 0 Å². The number of ether oxygens (including phenoxy) is 2. The number of fused-ring (bicyclic) bond motifs is 1. The summed E-state index contributed by atoms with van der Waals surface area (Å²) < 4.78 is 66.2. The fourth-order valence-electron chi connectivity index (χ4n) is 6.40. The third-order valence-corrected chi connectivity index (χ3v) is 9.01. The SMILES string of the molecule is CC(C)(C)OC(=O)N[C@H]1C(CC2CCCC2)[C@@H](N2Cc3cn(S(C)(=O)=O)nc3C2)CO[C@@H]1c1cc(F)ccc1F. The van der Waals surface area contributed by atoms with Gasteiger partial charge in [0.05, 0.1) is 24.6 Å². The van der Waals surface area contributed by atoms with Crippen LogP contribution >= 0.6 is 0 Å². The van der Waals surface area contributed by atoms with E-state index in [4.69, 9.17) is 9.47 Å². The van der Waals surface area contributed by atoms with Gasteiger partial charge in [-0.05, 0) is 51.3 Å². The zero-order valence-electron chi connectivity index (χ0n) is 23.4. The third-order valence-electron chi connectivity index (χ3n) is 8.15. The number of benzene rings is 1. The lowest BCUT2D eigenvalue weighted by molar-refractivity contribution is -0.0994. The molecule has 0 bridgehead atoms. The van der Waals surface area contributed by atoms with Crippen LogP contribution in [0.1, 0.15) is 75.8 Å². The number of nitrogens with one attached hydrogen (secondary N) is 1. The van der Waals surface area contributed by atoms with E-state index in [-0.39, 0.29) is 24.1 Å². The zero-order chi connectivity index (χ0) is 28.8. The summed E-state index contributed by atoms with van der Waals surface area (Å²) in [5.74, 6) is -0.913. The molecule has 220 valence electrons. The van der Waals surface area contributed by atoms with Gasteiger partial charge in [-0.2, -0.15) is 9.19 Å². The summed E-state index contributed by atoms with van der Waals surface area (Å²) in [6, 6.07) is 2.42. The number of carbonyl (C=O) groups excluding carboxylic acids is 1. The van der Waals surface area contributed by atoms with Gasteiger partial charge in [-0.25, -0.2) is 22.0 Å². The summed E-state index contributed by atoms with van der Waals surface area (Å²) in [7, 11) is -3.50. The average Bonchev–Trinajstić information content (AvgIpc) is 3.57. The normalized spacial score (nSPS) is 26.1. The minimum atomic E-state index is -3.50. The number of amides is 1. The van der Waals surface area contributed by atoms with E-state index < -0.39 is 45.5 Å². The molecule has 1 saturated heterocycles. The molecule has 1 aromatic heterocycles. The Morgan fingerprint density at radius 3 is 2.58 bits per heavy atom. The van der Waals surface area contributed by atoms with Crippen LogP contribution in [0.5, 0.6) is 0 Å². The van der Waals surface area contributed by atoms with Crippen LogP contribution in [0.3, 0.4) is 0 Å². The van der Waals surface area contributed by atoms with Crippen molar-refractivity contribution in [1.29, 1.82) is 0 Å². The van der Waals surface area contributed by atoms with Crippen LogP contribution in [0.2, 0.25) is 0 Å². The summed E-state index contributed by atoms with van der Waals surface area (Å²) in [5.41, 5.74) is 0.812. The molecule has 1 aliphatic carbocycles. The van der Waals surface area contributed by atoms with Crippen molar-refractivity contribution in [3.8, 4) is 0 Å². The number of hydrogen-bond donors (Lipinski definition) is 1. The second kappa shape index (κ2) is 11.0. The van der Waals surface area contributed by atoms with Crippen molar-refractivity contribution < 1.29 is 31.5 Å². The number of carbonyl (C=O) groups is 1. The summed E-state index contributed by atoms with van der Waals surface area (Å²) in [4.78, 5) is 15.3. The van der Waals surface area contributed by atoms with Gasteiger partial charge >= 0.3 is 6.09 Å². The van der Waals surface area contributed by atoms with E-state index in [0.29, 0.717) is 24.7 Å². The number of halogens is 2. The highest BCUT2D eigenvalue weighted by atomic mass is 32.2. The van der Waals surface area contributed by atoms with Gasteiger partial charge in [0.2, 0.25) is 0 Å². The zero-order valence-corrected chi connectivity index (χ0v) is 24.2. The Balaban J connectivity index is 1.48. The Bertz CT molecular complexity index is 1330. The molecule has 2 aliphatic heterocycles. The minimum absolute atomic E-state index is 0.0603. The van der Waals surface area contributed by atoms with Crippen LogP contribution in [-0.2, 0) is 32.6 Å². The van der Waals surface area contributed by atoms with Crippen molar-refractivity contribution in [1.82, 2.24) is 19.4 Å². The van der Waals surface area contributed by atoms with E-state index in [1.54, 1.807) is 27.0 Å². The number of aromatic nitrogens is 2. The van der Waals surface area contributed by atoms with Gasteiger partial charge in [0.25, 0.3) is 10.0 Å². The first-order valence-corrected chi connectivity index (χ1v) is 15.7. The van der Waals surface area contributed by atoms with Crippen molar-refractivity contribution in [2.45, 2.75) is 89.8 Å². The van der Waals surface area contributed by atoms with E-state index in [2.05, 4.69) is 15.3 Å². The minimum Gasteiger partial charge on any atom is -0.444 e. The van der Waals surface area contributed by atoms with Gasteiger partial charge in [0.1, 0.15) is 23.3 Å². The van der Waals surface area contributed by atoms with Crippen LogP contribution in [0, 0.1) is 23.5 Å². The second-order valence-electron chi connectivity index (χ2n) is 12.4. The predicted molar refractivity (Wildman–Crippen MR) is 144 cm³/mol. The highest BCUT2D eigenvalue weighted by molar-refractivity contribution is 7.89. The van der Waals surface area contributed by atoms with Gasteiger partial charge < -0.3 is 14.8 Å². The van der Waals surface area contributed by atoms with Crippen molar-refractivity contribution in [2.24, 2.45) is 11.8 Å². The maximum absolute atomic E-state index is 15.1. The monoisotopic (exact) mass is 580 g/mol. The highest BCUT2D eigenvalue weighted by Gasteiger charge is 2.47. The van der Waals surface area contributed by atoms with Crippen molar-refractivity contribution in [3.05, 3.63) is 52.9 Å². The molecule has 1 unspecified atom stereocenters. The molecule has 0 spiro atoms. The lowest BCUT2D eigenvalue weighted by atomic mass is 9.77. The molecule has 40 heavy (non-hydrogen) atoms. The number of hydrogen-bond acceptors (Lipinski definition) is 7. The van der Waals surface area contributed by atoms with E-state index in [1.165, 1.54) is 0 Å². The molecule has 12 heteroatoms. The molecule has 9 nitrogen and oxygen atoms in total. The maximum Gasteiger partial charge on any atom is 0.407 e. The molecule has 0 radical (unpaired) electrons. The molecular weight excluding hydrogens is 542 g/mol. The standard InChI is InChI=1S/C28H38F2N4O5S/c1-28(2,3)39-27(35)31-25-21(11-17-7-5-6-8-17)24(16-38-26(25)20-12-19(29)9-10-22(20)30)33-13-18-14-34(40(4,36)37)32-23(18)15-33/h9-10,12,14,17,21,24-26H,5-8,11,13,15-16H2,1-4H3,(H,31,35)/t21?,24-,25-,26+/m0/s1. The lowest BCUT2D eigenvalue weighted by Crippen LogP contribution is -2.58. The van der Waals surface area contributed by atoms with Crippen LogP contribution in [0.25, 0.3) is 0 Å². The van der Waals surface area contributed by atoms with Gasteiger partial charge in [-0.3, -0.25) is 4.90 Å². The highest BCUT2D eigenvalue weighted by Crippen LogP contribution is 2.43. The van der Waals surface area contributed by atoms with Crippen LogP contribution in [-0.4, -0.2) is 59.1 Å². The second-order valence-corrected chi connectivity index (χ2v) is 14.2. The number of rotatable bonds is 6. The van der Waals surface area contributed by atoms with Gasteiger partial charge in [0, 0.05) is 42.4 Å². The Labute approximate surface area is 234 Å². The fraction of sp³-hybridized carbons (Fsp3) is 0.643. The van der Waals surface area contributed by atoms with E-state index >= 15 is 4.39 Å².